The van der Waals surface area contributed by atoms with E-state index >= 15 is 0 Å². The predicted octanol–water partition coefficient (Wildman–Crippen LogP) is 7.78. The zero-order valence-electron chi connectivity index (χ0n) is 21.9. The second kappa shape index (κ2) is 12.1. The predicted molar refractivity (Wildman–Crippen MR) is 155 cm³/mol. The van der Waals surface area contributed by atoms with Crippen molar-refractivity contribution in [1.82, 2.24) is 4.90 Å². The van der Waals surface area contributed by atoms with Gasteiger partial charge in [-0.2, -0.15) is 0 Å². The first kappa shape index (κ1) is 26.5. The molecule has 198 valence electrons. The standard InChI is InChI=1S/C32H31N2O4P/c1-25(27-16-13-17-28(24-27)31(35)26-14-5-2-6-15-26)32(34-22-11-12-23-34)33-39(36,37-29-18-7-3-8-19-29)38-30-20-9-4-10-21-30/h2-10,13-21,24-25H,11-12,22-23H2,1H3. The summed E-state index contributed by atoms with van der Waals surface area (Å²) in [5.41, 5.74) is 2.12. The summed E-state index contributed by atoms with van der Waals surface area (Å²) in [5, 5.41) is 0. The molecule has 0 N–H and O–H groups in total. The summed E-state index contributed by atoms with van der Waals surface area (Å²) in [6, 6.07) is 34.7. The number of benzene rings is 4. The van der Waals surface area contributed by atoms with Crippen LogP contribution in [0.1, 0.15) is 47.2 Å². The summed E-state index contributed by atoms with van der Waals surface area (Å²) in [6.45, 7) is 3.60. The molecule has 1 unspecified atom stereocenters. The number of hydrogen-bond donors (Lipinski definition) is 0. The number of amidine groups is 1. The molecule has 0 saturated carbocycles. The molecule has 0 aromatic heterocycles. The Morgan fingerprint density at radius 2 is 1.26 bits per heavy atom. The van der Waals surface area contributed by atoms with Crippen molar-refractivity contribution in [1.29, 1.82) is 0 Å². The number of hydrogen-bond acceptors (Lipinski definition) is 4. The van der Waals surface area contributed by atoms with Crippen LogP contribution in [0.5, 0.6) is 11.5 Å². The zero-order chi connectivity index (χ0) is 27.1. The van der Waals surface area contributed by atoms with Crippen LogP contribution in [0.15, 0.2) is 120 Å². The summed E-state index contributed by atoms with van der Waals surface area (Å²) in [6.07, 6.45) is 2.03. The SMILES string of the molecule is CC(C(=NP(=O)(Oc1ccccc1)Oc1ccccc1)N1CCCC1)c1cccc(C(=O)c2ccccc2)c1. The number of nitrogens with zero attached hydrogens (tertiary/aromatic N) is 2. The Hall–Kier alpha value is -4.15. The maximum Gasteiger partial charge on any atom is 0.565 e. The van der Waals surface area contributed by atoms with Crippen molar-refractivity contribution in [3.8, 4) is 11.5 Å². The third-order valence-corrected chi connectivity index (χ3v) is 7.99. The molecule has 0 bridgehead atoms. The lowest BCUT2D eigenvalue weighted by molar-refractivity contribution is 0.103. The molecule has 1 aliphatic rings. The lowest BCUT2D eigenvalue weighted by Crippen LogP contribution is -2.32. The molecule has 1 fully saturated rings. The van der Waals surface area contributed by atoms with Crippen LogP contribution in [0.4, 0.5) is 0 Å². The summed E-state index contributed by atoms with van der Waals surface area (Å²) >= 11 is 0. The van der Waals surface area contributed by atoms with Crippen molar-refractivity contribution in [3.63, 3.8) is 0 Å². The highest BCUT2D eigenvalue weighted by Crippen LogP contribution is 2.51. The monoisotopic (exact) mass is 538 g/mol. The van der Waals surface area contributed by atoms with Gasteiger partial charge in [0.15, 0.2) is 5.78 Å². The summed E-state index contributed by atoms with van der Waals surface area (Å²) < 4.78 is 31.0. The van der Waals surface area contributed by atoms with E-state index in [1.54, 1.807) is 24.3 Å². The van der Waals surface area contributed by atoms with Gasteiger partial charge in [0.2, 0.25) is 0 Å². The van der Waals surface area contributed by atoms with E-state index in [1.807, 2.05) is 97.9 Å². The van der Waals surface area contributed by atoms with Crippen molar-refractivity contribution in [3.05, 3.63) is 132 Å². The summed E-state index contributed by atoms with van der Waals surface area (Å²) in [5.74, 6) is 1.12. The van der Waals surface area contributed by atoms with Gasteiger partial charge in [-0.3, -0.25) is 4.79 Å². The normalized spacial score (nSPS) is 14.6. The van der Waals surface area contributed by atoms with E-state index in [2.05, 4.69) is 4.90 Å². The van der Waals surface area contributed by atoms with Gasteiger partial charge < -0.3 is 13.9 Å². The van der Waals surface area contributed by atoms with Gasteiger partial charge in [-0.1, -0.05) is 91.9 Å². The van der Waals surface area contributed by atoms with Crippen molar-refractivity contribution in [2.24, 2.45) is 4.76 Å². The lowest BCUT2D eigenvalue weighted by atomic mass is 9.94. The molecule has 6 nitrogen and oxygen atoms in total. The second-order valence-electron chi connectivity index (χ2n) is 9.47. The first-order chi connectivity index (χ1) is 19.0. The van der Waals surface area contributed by atoms with Crippen molar-refractivity contribution in [2.75, 3.05) is 13.1 Å². The van der Waals surface area contributed by atoms with Crippen LogP contribution >= 0.6 is 7.75 Å². The fraction of sp³-hybridized carbons (Fsp3) is 0.188. The van der Waals surface area contributed by atoms with Gasteiger partial charge in [-0.25, -0.2) is 4.57 Å². The molecule has 0 spiro atoms. The average Bonchev–Trinajstić information content (AvgIpc) is 3.52. The molecule has 0 aliphatic carbocycles. The molecule has 4 aromatic carbocycles. The van der Waals surface area contributed by atoms with Gasteiger partial charge in [0, 0.05) is 30.1 Å². The Labute approximate surface area is 229 Å². The number of rotatable bonds is 9. The van der Waals surface area contributed by atoms with Gasteiger partial charge in [0.25, 0.3) is 0 Å². The second-order valence-corrected chi connectivity index (χ2v) is 11.0. The van der Waals surface area contributed by atoms with E-state index in [0.29, 0.717) is 28.5 Å². The Balaban J connectivity index is 1.53. The molecule has 0 amide bonds. The first-order valence-corrected chi connectivity index (χ1v) is 14.6. The fourth-order valence-corrected chi connectivity index (χ4v) is 6.08. The van der Waals surface area contributed by atoms with Gasteiger partial charge in [-0.15, -0.1) is 4.76 Å². The Kier molecular flexibility index (Phi) is 8.24. The molecule has 1 aliphatic heterocycles. The number of ketones is 1. The highest BCUT2D eigenvalue weighted by Gasteiger charge is 2.33. The largest absolute Gasteiger partial charge is 0.565 e. The van der Waals surface area contributed by atoms with Crippen LogP contribution in [-0.4, -0.2) is 29.6 Å². The first-order valence-electron chi connectivity index (χ1n) is 13.1. The molecule has 1 atom stereocenters. The van der Waals surface area contributed by atoms with E-state index in [4.69, 9.17) is 13.8 Å². The molecule has 7 heteroatoms. The average molecular weight is 539 g/mol. The Bertz CT molecular complexity index is 1420. The van der Waals surface area contributed by atoms with Gasteiger partial charge in [0.05, 0.1) is 0 Å². The minimum Gasteiger partial charge on any atom is -0.399 e. The van der Waals surface area contributed by atoms with Gasteiger partial charge >= 0.3 is 7.75 Å². The quantitative estimate of drug-likeness (QED) is 0.0942. The van der Waals surface area contributed by atoms with Crippen LogP contribution in [0.2, 0.25) is 0 Å². The molecule has 1 heterocycles. The molecule has 39 heavy (non-hydrogen) atoms. The topological polar surface area (TPSA) is 68.2 Å². The van der Waals surface area contributed by atoms with Crippen LogP contribution < -0.4 is 9.05 Å². The Morgan fingerprint density at radius 3 is 1.82 bits per heavy atom. The Morgan fingerprint density at radius 1 is 0.744 bits per heavy atom. The lowest BCUT2D eigenvalue weighted by Gasteiger charge is -2.27. The van der Waals surface area contributed by atoms with Gasteiger partial charge in [-0.05, 0) is 48.7 Å². The van der Waals surface area contributed by atoms with E-state index in [-0.39, 0.29) is 11.7 Å². The van der Waals surface area contributed by atoms with Crippen LogP contribution in [-0.2, 0) is 4.57 Å². The zero-order valence-corrected chi connectivity index (χ0v) is 22.7. The fourth-order valence-electron chi connectivity index (χ4n) is 4.64. The number of para-hydroxylation sites is 2. The molecule has 0 radical (unpaired) electrons. The molecule has 1 saturated heterocycles. The van der Waals surface area contributed by atoms with Crippen molar-refractivity contribution in [2.45, 2.75) is 25.7 Å². The molecule has 5 rings (SSSR count). The number of carbonyl (C=O) groups is 1. The number of likely N-dealkylation sites (tertiary alicyclic amines) is 1. The van der Waals surface area contributed by atoms with Crippen LogP contribution in [0.25, 0.3) is 0 Å². The highest BCUT2D eigenvalue weighted by atomic mass is 31.2. The molecular weight excluding hydrogens is 507 g/mol. The van der Waals surface area contributed by atoms with E-state index < -0.39 is 7.75 Å². The maximum atomic E-state index is 14.3. The van der Waals surface area contributed by atoms with E-state index in [9.17, 15) is 9.36 Å². The van der Waals surface area contributed by atoms with E-state index in [0.717, 1.165) is 31.5 Å². The maximum absolute atomic E-state index is 14.3. The summed E-state index contributed by atoms with van der Waals surface area (Å²) in [7, 11) is -4.05. The van der Waals surface area contributed by atoms with Crippen molar-refractivity contribution >= 4 is 19.4 Å². The third-order valence-electron chi connectivity index (χ3n) is 6.66. The molecule has 4 aromatic rings. The minimum absolute atomic E-state index is 0.0465. The molecular formula is C32H31N2O4P. The minimum atomic E-state index is -4.05. The van der Waals surface area contributed by atoms with Crippen molar-refractivity contribution < 1.29 is 18.4 Å². The van der Waals surface area contributed by atoms with Gasteiger partial charge in [0.1, 0.15) is 17.3 Å². The van der Waals surface area contributed by atoms with E-state index in [1.165, 1.54) is 0 Å². The highest BCUT2D eigenvalue weighted by molar-refractivity contribution is 7.53. The smallest absolute Gasteiger partial charge is 0.399 e. The summed E-state index contributed by atoms with van der Waals surface area (Å²) in [4.78, 5) is 15.3. The number of carbonyl (C=O) groups excluding carboxylic acids is 1. The van der Waals surface area contributed by atoms with Crippen LogP contribution in [0.3, 0.4) is 0 Å². The van der Waals surface area contributed by atoms with Crippen LogP contribution in [0, 0.1) is 0 Å². The third kappa shape index (κ3) is 6.65.